The molecule has 0 spiro atoms. The molecule has 178 valence electrons. The highest BCUT2D eigenvalue weighted by molar-refractivity contribution is 7.89. The summed E-state index contributed by atoms with van der Waals surface area (Å²) >= 11 is 6.00. The molecule has 0 unspecified atom stereocenters. The van der Waals surface area contributed by atoms with Crippen LogP contribution in [-0.4, -0.2) is 79.0 Å². The average Bonchev–Trinajstić information content (AvgIpc) is 3.15. The van der Waals surface area contributed by atoms with Gasteiger partial charge in [-0.1, -0.05) is 23.7 Å². The number of amides is 3. The molecular weight excluding hydrogens is 468 g/mol. The number of benzene rings is 2. The first kappa shape index (κ1) is 24.9. The molecule has 2 atom stereocenters. The Kier molecular flexibility index (Phi) is 7.30. The molecule has 1 heterocycles. The number of hydrogen-bond acceptors (Lipinski definition) is 5. The summed E-state index contributed by atoms with van der Waals surface area (Å²) in [4.78, 5) is 40.3. The van der Waals surface area contributed by atoms with Gasteiger partial charge in [-0.3, -0.25) is 14.4 Å². The number of carbonyl (C=O) groups excluding carboxylic acids is 3. The fourth-order valence-electron chi connectivity index (χ4n) is 3.95. The Labute approximate surface area is 198 Å². The Hall–Kier alpha value is -2.69. The second-order valence-electron chi connectivity index (χ2n) is 8.03. The van der Waals surface area contributed by atoms with E-state index >= 15 is 0 Å². The number of rotatable bonds is 8. The van der Waals surface area contributed by atoms with Crippen LogP contribution >= 0.6 is 11.6 Å². The topological polar surface area (TPSA) is 121 Å². The zero-order valence-corrected chi connectivity index (χ0v) is 20.3. The Morgan fingerprint density at radius 2 is 1.85 bits per heavy atom. The minimum absolute atomic E-state index is 0.0698. The molecule has 33 heavy (non-hydrogen) atoms. The fraction of sp³-hybridized carbons (Fsp3) is 0.409. The van der Waals surface area contributed by atoms with Crippen LogP contribution in [0.4, 0.5) is 0 Å². The van der Waals surface area contributed by atoms with Gasteiger partial charge in [-0.15, -0.1) is 0 Å². The van der Waals surface area contributed by atoms with Crippen LogP contribution in [0.25, 0.3) is 10.8 Å². The van der Waals surface area contributed by atoms with Crippen LogP contribution in [0.1, 0.15) is 20.3 Å². The summed E-state index contributed by atoms with van der Waals surface area (Å²) in [5.41, 5.74) is 5.34. The molecule has 9 nitrogen and oxygen atoms in total. The predicted molar refractivity (Wildman–Crippen MR) is 125 cm³/mol. The van der Waals surface area contributed by atoms with Gasteiger partial charge in [0.15, 0.2) is 0 Å². The van der Waals surface area contributed by atoms with Gasteiger partial charge in [-0.2, -0.15) is 4.31 Å². The average molecular weight is 495 g/mol. The van der Waals surface area contributed by atoms with E-state index in [1.54, 1.807) is 38.2 Å². The van der Waals surface area contributed by atoms with Crippen LogP contribution < -0.4 is 5.73 Å². The molecule has 2 aromatic carbocycles. The van der Waals surface area contributed by atoms with Crippen LogP contribution in [0.2, 0.25) is 5.02 Å². The Morgan fingerprint density at radius 1 is 1.21 bits per heavy atom. The van der Waals surface area contributed by atoms with Crippen molar-refractivity contribution >= 4 is 50.1 Å². The van der Waals surface area contributed by atoms with Crippen molar-refractivity contribution in [3.05, 3.63) is 41.4 Å². The highest BCUT2D eigenvalue weighted by Crippen LogP contribution is 2.29. The number of fused-ring (bicyclic) bond motifs is 1. The van der Waals surface area contributed by atoms with E-state index in [1.807, 2.05) is 6.92 Å². The summed E-state index contributed by atoms with van der Waals surface area (Å²) < 4.78 is 27.9. The molecule has 1 aliphatic rings. The minimum atomic E-state index is -4.25. The summed E-state index contributed by atoms with van der Waals surface area (Å²) in [6.45, 7) is 3.44. The minimum Gasteiger partial charge on any atom is -0.369 e. The summed E-state index contributed by atoms with van der Waals surface area (Å²) in [5.74, 6) is -1.66. The van der Waals surface area contributed by atoms with Gasteiger partial charge in [-0.25, -0.2) is 8.42 Å². The van der Waals surface area contributed by atoms with Gasteiger partial charge in [0.05, 0.1) is 11.4 Å². The second kappa shape index (κ2) is 9.66. The van der Waals surface area contributed by atoms with Crippen molar-refractivity contribution in [1.29, 1.82) is 0 Å². The molecule has 2 N–H and O–H groups in total. The monoisotopic (exact) mass is 494 g/mol. The maximum Gasteiger partial charge on any atom is 0.244 e. The van der Waals surface area contributed by atoms with E-state index in [-0.39, 0.29) is 23.8 Å². The van der Waals surface area contributed by atoms with E-state index in [0.717, 1.165) is 9.69 Å². The number of nitrogens with zero attached hydrogens (tertiary/aromatic N) is 3. The van der Waals surface area contributed by atoms with Gasteiger partial charge in [0.1, 0.15) is 12.1 Å². The first-order valence-corrected chi connectivity index (χ1v) is 12.3. The highest BCUT2D eigenvalue weighted by atomic mass is 35.5. The van der Waals surface area contributed by atoms with E-state index in [4.69, 9.17) is 17.3 Å². The number of likely N-dealkylation sites (N-methyl/N-ethyl adjacent to an activating group) is 1. The molecule has 1 aliphatic heterocycles. The number of primary amides is 1. The van der Waals surface area contributed by atoms with Crippen LogP contribution in [-0.2, 0) is 24.4 Å². The summed E-state index contributed by atoms with van der Waals surface area (Å²) in [6, 6.07) is 7.64. The molecule has 0 radical (unpaired) electrons. The maximum absolute atomic E-state index is 13.5. The SMILES string of the molecule is CCN(C)C(=O)[C@H](C)N1CC[C@H](N(CC(N)=O)S(=O)(=O)c2ccc3cc(Cl)ccc3c2)C1=O. The number of sulfonamides is 1. The maximum atomic E-state index is 13.5. The third kappa shape index (κ3) is 4.97. The van der Waals surface area contributed by atoms with Crippen LogP contribution in [0.15, 0.2) is 41.3 Å². The van der Waals surface area contributed by atoms with Crippen molar-refractivity contribution in [3.63, 3.8) is 0 Å². The van der Waals surface area contributed by atoms with E-state index < -0.39 is 40.5 Å². The molecule has 0 aromatic heterocycles. The summed E-state index contributed by atoms with van der Waals surface area (Å²) in [5, 5.41) is 1.90. The largest absolute Gasteiger partial charge is 0.369 e. The van der Waals surface area contributed by atoms with Gasteiger partial charge in [0.25, 0.3) is 0 Å². The van der Waals surface area contributed by atoms with Crippen LogP contribution in [0, 0.1) is 0 Å². The fourth-order valence-corrected chi connectivity index (χ4v) is 5.75. The van der Waals surface area contributed by atoms with Crippen molar-refractivity contribution in [3.8, 4) is 0 Å². The number of hydrogen-bond donors (Lipinski definition) is 1. The Morgan fingerprint density at radius 3 is 2.48 bits per heavy atom. The summed E-state index contributed by atoms with van der Waals surface area (Å²) in [7, 11) is -2.62. The van der Waals surface area contributed by atoms with Crippen molar-refractivity contribution in [1.82, 2.24) is 14.1 Å². The Bertz CT molecular complexity index is 1200. The smallest absolute Gasteiger partial charge is 0.244 e. The van der Waals surface area contributed by atoms with Gasteiger partial charge >= 0.3 is 0 Å². The lowest BCUT2D eigenvalue weighted by atomic mass is 10.1. The molecule has 1 fully saturated rings. The molecule has 3 amide bonds. The summed E-state index contributed by atoms with van der Waals surface area (Å²) in [6.07, 6.45) is 0.141. The molecule has 1 saturated heterocycles. The highest BCUT2D eigenvalue weighted by Gasteiger charge is 2.45. The number of likely N-dealkylation sites (tertiary alicyclic amines) is 1. The van der Waals surface area contributed by atoms with Crippen molar-refractivity contribution in [2.24, 2.45) is 5.73 Å². The van der Waals surface area contributed by atoms with Crippen LogP contribution in [0.3, 0.4) is 0 Å². The zero-order chi connectivity index (χ0) is 24.5. The quantitative estimate of drug-likeness (QED) is 0.595. The molecule has 11 heteroatoms. The molecule has 0 bridgehead atoms. The Balaban J connectivity index is 1.95. The molecule has 3 rings (SSSR count). The van der Waals surface area contributed by atoms with Gasteiger partial charge in [0.2, 0.25) is 27.7 Å². The van der Waals surface area contributed by atoms with E-state index in [2.05, 4.69) is 0 Å². The molecular formula is C22H27ClN4O5S. The van der Waals surface area contributed by atoms with Crippen LogP contribution in [0.5, 0.6) is 0 Å². The third-order valence-corrected chi connectivity index (χ3v) is 8.01. The molecule has 2 aromatic rings. The predicted octanol–water partition coefficient (Wildman–Crippen LogP) is 1.44. The van der Waals surface area contributed by atoms with Crippen molar-refractivity contribution < 1.29 is 22.8 Å². The second-order valence-corrected chi connectivity index (χ2v) is 10.4. The number of nitrogens with two attached hydrogens (primary N) is 1. The van der Waals surface area contributed by atoms with E-state index in [0.29, 0.717) is 17.0 Å². The third-order valence-electron chi connectivity index (χ3n) is 5.93. The zero-order valence-electron chi connectivity index (χ0n) is 18.7. The lowest BCUT2D eigenvalue weighted by Gasteiger charge is -2.29. The van der Waals surface area contributed by atoms with Gasteiger partial charge in [0, 0.05) is 25.2 Å². The first-order chi connectivity index (χ1) is 15.5. The molecule has 0 saturated carbocycles. The lowest BCUT2D eigenvalue weighted by Crippen LogP contribution is -2.52. The van der Waals surface area contributed by atoms with Crippen molar-refractivity contribution in [2.45, 2.75) is 37.2 Å². The van der Waals surface area contributed by atoms with E-state index in [9.17, 15) is 22.8 Å². The van der Waals surface area contributed by atoms with E-state index in [1.165, 1.54) is 21.9 Å². The number of halogens is 1. The first-order valence-electron chi connectivity index (χ1n) is 10.5. The normalized spacial score (nSPS) is 17.5. The lowest BCUT2D eigenvalue weighted by molar-refractivity contribution is -0.143. The standard InChI is InChI=1S/C22H27ClN4O5S/c1-4-25(3)21(29)14(2)26-10-9-19(22(26)30)27(13-20(24)28)33(31,32)18-8-6-15-11-17(23)7-5-16(15)12-18/h5-8,11-12,14,19H,4,9-10,13H2,1-3H3,(H2,24,28)/t14-,19-/m0/s1. The molecule has 0 aliphatic carbocycles. The van der Waals surface area contributed by atoms with Crippen molar-refractivity contribution in [2.75, 3.05) is 26.7 Å². The number of carbonyl (C=O) groups is 3. The van der Waals surface area contributed by atoms with Gasteiger partial charge < -0.3 is 15.5 Å². The van der Waals surface area contributed by atoms with Gasteiger partial charge in [-0.05, 0) is 55.3 Å².